The van der Waals surface area contributed by atoms with E-state index in [4.69, 9.17) is 42.6 Å². The molecule has 7 aliphatic rings. The molecular formula is C33H53N11O15. The lowest BCUT2D eigenvalue weighted by Crippen LogP contribution is -2.66. The molecule has 26 nitrogen and oxygen atoms in total. The third kappa shape index (κ3) is 8.82. The summed E-state index contributed by atoms with van der Waals surface area (Å²) < 4.78 is 53.0. The average Bonchev–Trinajstić information content (AvgIpc) is 3.96. The average molecular weight is 844 g/mol. The van der Waals surface area contributed by atoms with Crippen molar-refractivity contribution in [2.75, 3.05) is 19.6 Å². The largest absolute Gasteiger partial charge is 0.389 e. The molecule has 1 aliphatic carbocycles. The fourth-order valence-electron chi connectivity index (χ4n) is 9.27. The minimum Gasteiger partial charge on any atom is -0.389 e. The van der Waals surface area contributed by atoms with Crippen molar-refractivity contribution < 1.29 is 73.3 Å². The predicted molar refractivity (Wildman–Crippen MR) is 193 cm³/mol. The lowest BCUT2D eigenvalue weighted by Gasteiger charge is -2.47. The van der Waals surface area contributed by atoms with Gasteiger partial charge in [-0.3, -0.25) is 4.90 Å². The van der Waals surface area contributed by atoms with E-state index in [1.54, 1.807) is 41.5 Å². The van der Waals surface area contributed by atoms with Crippen molar-refractivity contribution in [1.29, 1.82) is 0 Å². The Labute approximate surface area is 337 Å². The summed E-state index contributed by atoms with van der Waals surface area (Å²) in [5.74, 6) is -3.16. The van der Waals surface area contributed by atoms with Crippen molar-refractivity contribution in [2.45, 2.75) is 188 Å². The van der Waals surface area contributed by atoms with Gasteiger partial charge in [-0.15, -0.1) is 0 Å². The summed E-state index contributed by atoms with van der Waals surface area (Å²) in [6.07, 6.45) is -18.5. The quantitative estimate of drug-likeness (QED) is 0.0616. The van der Waals surface area contributed by atoms with E-state index in [1.807, 2.05) is 0 Å². The molecule has 1 saturated carbocycles. The fourth-order valence-corrected chi connectivity index (χ4v) is 9.27. The molecule has 7 N–H and O–H groups in total. The second-order valence-electron chi connectivity index (χ2n) is 17.2. The van der Waals surface area contributed by atoms with Gasteiger partial charge in [-0.2, -0.15) is 0 Å². The summed E-state index contributed by atoms with van der Waals surface area (Å²) in [6, 6.07) is -5.26. The maximum absolute atomic E-state index is 11.8. The summed E-state index contributed by atoms with van der Waals surface area (Å²) in [6.45, 7) is 8.88. The number of aliphatic hydroxyl groups is 6. The Bertz CT molecular complexity index is 1610. The Morgan fingerprint density at radius 1 is 0.593 bits per heavy atom. The van der Waals surface area contributed by atoms with Crippen LogP contribution >= 0.6 is 0 Å². The van der Waals surface area contributed by atoms with Gasteiger partial charge in [0.15, 0.2) is 36.2 Å². The van der Waals surface area contributed by atoms with Gasteiger partial charge in [0, 0.05) is 46.5 Å². The number of rotatable bonds is 14. The Hall–Kier alpha value is -2.75. The second kappa shape index (κ2) is 16.8. The topological polar surface area (TPSA) is 366 Å². The van der Waals surface area contributed by atoms with Gasteiger partial charge in [0.05, 0.1) is 67.0 Å². The van der Waals surface area contributed by atoms with E-state index in [0.29, 0.717) is 0 Å². The summed E-state index contributed by atoms with van der Waals surface area (Å²) in [7, 11) is 0. The maximum atomic E-state index is 11.8. The molecule has 0 aromatic rings. The van der Waals surface area contributed by atoms with E-state index in [1.165, 1.54) is 4.90 Å². The first-order chi connectivity index (χ1) is 27.8. The Morgan fingerprint density at radius 3 is 1.34 bits per heavy atom. The molecule has 7 fully saturated rings. The zero-order valence-electron chi connectivity index (χ0n) is 33.2. The zero-order valence-corrected chi connectivity index (χ0v) is 33.2. The molecule has 6 saturated heterocycles. The Kier molecular flexibility index (Phi) is 12.7. The lowest BCUT2D eigenvalue weighted by molar-refractivity contribution is -0.221. The number of ether oxygens (including phenoxy) is 9. The summed E-state index contributed by atoms with van der Waals surface area (Å²) in [5, 5.41) is 83.2. The molecule has 0 aromatic carbocycles. The molecule has 6 heterocycles. The monoisotopic (exact) mass is 843 g/mol. The van der Waals surface area contributed by atoms with E-state index in [2.05, 4.69) is 35.4 Å². The molecule has 0 radical (unpaired) electrons. The van der Waals surface area contributed by atoms with Gasteiger partial charge in [0.2, 0.25) is 0 Å². The van der Waals surface area contributed by atoms with Gasteiger partial charge in [-0.25, -0.2) is 0 Å². The van der Waals surface area contributed by atoms with Crippen LogP contribution in [-0.4, -0.2) is 195 Å². The van der Waals surface area contributed by atoms with E-state index in [-0.39, 0.29) is 13.0 Å². The molecule has 59 heavy (non-hydrogen) atoms. The smallest absolute Gasteiger partial charge is 0.188 e. The van der Waals surface area contributed by atoms with Gasteiger partial charge in [0.25, 0.3) is 0 Å². The van der Waals surface area contributed by atoms with Crippen molar-refractivity contribution in [3.05, 3.63) is 31.3 Å². The number of nitrogens with zero attached hydrogens (tertiary/aromatic N) is 10. The highest BCUT2D eigenvalue weighted by atomic mass is 16.9. The number of hydrogen-bond donors (Lipinski definition) is 7. The van der Waals surface area contributed by atoms with Crippen molar-refractivity contribution in [1.82, 2.24) is 10.2 Å². The highest BCUT2D eigenvalue weighted by molar-refractivity contribution is 5.07. The fraction of sp³-hybridized carbons (Fsp3) is 1.00. The van der Waals surface area contributed by atoms with Crippen molar-refractivity contribution in [3.8, 4) is 0 Å². The summed E-state index contributed by atoms with van der Waals surface area (Å²) >= 11 is 0. The van der Waals surface area contributed by atoms with Crippen molar-refractivity contribution in [3.63, 3.8) is 0 Å². The zero-order chi connectivity index (χ0) is 42.8. The predicted octanol–water partition coefficient (Wildman–Crippen LogP) is -1.15. The lowest BCUT2D eigenvalue weighted by atomic mass is 9.82. The highest BCUT2D eigenvalue weighted by Crippen LogP contribution is 2.43. The van der Waals surface area contributed by atoms with Gasteiger partial charge >= 0.3 is 0 Å². The van der Waals surface area contributed by atoms with Crippen LogP contribution in [0.1, 0.15) is 48.0 Å². The number of aliphatic hydroxyl groups excluding tert-OH is 6. The van der Waals surface area contributed by atoms with Gasteiger partial charge in [0.1, 0.15) is 24.4 Å². The van der Waals surface area contributed by atoms with E-state index in [9.17, 15) is 47.2 Å². The normalized spacial score (nSPS) is 45.4. The van der Waals surface area contributed by atoms with Crippen LogP contribution in [-0.2, 0) is 42.6 Å². The first-order valence-corrected chi connectivity index (χ1v) is 19.5. The van der Waals surface area contributed by atoms with Crippen molar-refractivity contribution >= 4 is 0 Å². The van der Waals surface area contributed by atoms with Crippen LogP contribution in [0.3, 0.4) is 0 Å². The molecule has 0 aromatic heterocycles. The van der Waals surface area contributed by atoms with Crippen LogP contribution in [0.4, 0.5) is 0 Å². The van der Waals surface area contributed by atoms with Crippen LogP contribution < -0.4 is 5.32 Å². The van der Waals surface area contributed by atoms with Crippen LogP contribution in [0.5, 0.6) is 0 Å². The first-order valence-electron chi connectivity index (χ1n) is 19.5. The first kappa shape index (κ1) is 44.3. The van der Waals surface area contributed by atoms with E-state index >= 15 is 0 Å². The van der Waals surface area contributed by atoms with Crippen LogP contribution in [0, 0.1) is 0 Å². The minimum atomic E-state index is -1.79. The van der Waals surface area contributed by atoms with E-state index in [0.717, 1.165) is 0 Å². The SMILES string of the molecule is CC1(C)O[C@H]2O[C@H]([C@H](O)CN[C@@H]3C[C@H](N(C[C@@H](O)[C@H]4O[C@@H]5OC(C)(C)O[C@@H]5[C@H]4N=[N+]=[N-])C[C@@H](O)[C@H]4O[C@@H]5OC(C)(C)O[C@@H]5[C@H]4N=[N+]=[N-])[C@@H](O)[C@H](O)[C@H]3O)[C@H](N=[N+]=[N-])[C@H]2O1. The molecule has 0 amide bonds. The number of fused-ring (bicyclic) bond motifs is 3. The molecule has 26 heteroatoms. The van der Waals surface area contributed by atoms with Crippen LogP contribution in [0.2, 0.25) is 0 Å². The third-order valence-electron chi connectivity index (χ3n) is 11.8. The summed E-state index contributed by atoms with van der Waals surface area (Å²) in [4.78, 5) is 10.2. The highest BCUT2D eigenvalue weighted by Gasteiger charge is 2.60. The van der Waals surface area contributed by atoms with Gasteiger partial charge < -0.3 is 78.6 Å². The van der Waals surface area contributed by atoms with E-state index < -0.39 is 153 Å². The number of nitrogens with one attached hydrogen (secondary N) is 1. The standard InChI is InChI=1S/C33H53N11O15/c1-31(2)54-25-16(38-41-34)22(51-28(25)57-31)13(45)8-37-11-7-12(20(49)21(50)19(11)48)44(9-14(46)23-17(39-42-35)26-29(52-23)58-32(3,4)55-26)10-15(47)24-18(40-43-36)27-30(53-24)59-33(5,6)56-27/h11-30,37,45-50H,7-10H2,1-6H3/t11-,12+,13-,14-,15-,16+,17+,18+,19+,20-,21-,22-,23-,24-,25-,26-,27-,28-,29-,30-/m1/s1. The minimum absolute atomic E-state index is 0.142. The number of azide groups is 3. The maximum Gasteiger partial charge on any atom is 0.188 e. The molecule has 0 unspecified atom stereocenters. The van der Waals surface area contributed by atoms with Crippen LogP contribution in [0.15, 0.2) is 15.3 Å². The Balaban J connectivity index is 1.11. The molecule has 0 spiro atoms. The van der Waals surface area contributed by atoms with Crippen LogP contribution in [0.25, 0.3) is 31.3 Å². The molecular weight excluding hydrogens is 790 g/mol. The Morgan fingerprint density at radius 2 is 0.966 bits per heavy atom. The van der Waals surface area contributed by atoms with Crippen molar-refractivity contribution in [2.24, 2.45) is 15.3 Å². The molecule has 0 bridgehead atoms. The molecule has 6 aliphatic heterocycles. The molecule has 20 atom stereocenters. The number of hydrogen-bond acceptors (Lipinski definition) is 20. The second-order valence-corrected chi connectivity index (χ2v) is 17.2. The summed E-state index contributed by atoms with van der Waals surface area (Å²) in [5.41, 5.74) is 28.1. The molecule has 330 valence electrons. The van der Waals surface area contributed by atoms with Gasteiger partial charge in [-0.1, -0.05) is 15.3 Å². The van der Waals surface area contributed by atoms with Gasteiger partial charge in [-0.05, 0) is 64.6 Å². The third-order valence-corrected chi connectivity index (χ3v) is 11.8. The molecule has 7 rings (SSSR count).